The minimum Gasteiger partial charge on any atom is -0.591 e. The van der Waals surface area contributed by atoms with Gasteiger partial charge in [-0.25, -0.2) is 13.2 Å². The topological polar surface area (TPSA) is 35.4 Å². The minimum absolute atomic E-state index is 0.235. The first-order valence-electron chi connectivity index (χ1n) is 4.82. The molecule has 0 aliphatic heterocycles. The van der Waals surface area contributed by atoms with E-state index in [1.807, 2.05) is 0 Å². The van der Waals surface area contributed by atoms with Crippen molar-refractivity contribution in [1.29, 1.82) is 0 Å². The maximum absolute atomic E-state index is 13.2. The number of rotatable bonds is 2. The number of hydrogen-bond donors (Lipinski definition) is 0. The summed E-state index contributed by atoms with van der Waals surface area (Å²) >= 11 is -1.57. The Morgan fingerprint density at radius 1 is 1.12 bits per heavy atom. The third-order valence-corrected chi connectivity index (χ3v) is 3.20. The van der Waals surface area contributed by atoms with E-state index in [4.69, 9.17) is 0 Å². The van der Waals surface area contributed by atoms with Crippen LogP contribution in [0.2, 0.25) is 0 Å². The summed E-state index contributed by atoms with van der Waals surface area (Å²) in [5.74, 6) is -3.38. The van der Waals surface area contributed by atoms with Crippen molar-refractivity contribution in [3.05, 3.63) is 35.1 Å². The molecule has 1 aromatic rings. The molecule has 0 fully saturated rings. The summed E-state index contributed by atoms with van der Waals surface area (Å²) in [5, 5.41) is 0. The molecule has 2 nitrogen and oxygen atoms in total. The van der Waals surface area contributed by atoms with Crippen molar-refractivity contribution < 1.29 is 17.7 Å². The number of hydrogen-bond acceptors (Lipinski definition) is 2. The fraction of sp³-hybridized carbons (Fsp3) is 0.364. The Morgan fingerprint density at radius 3 is 2.18 bits per heavy atom. The molecule has 0 heterocycles. The second kappa shape index (κ2) is 5.10. The van der Waals surface area contributed by atoms with E-state index in [1.165, 1.54) is 0 Å². The minimum atomic E-state index is -1.57. The van der Waals surface area contributed by atoms with Gasteiger partial charge in [0.15, 0.2) is 11.6 Å². The van der Waals surface area contributed by atoms with Crippen LogP contribution in [0.15, 0.2) is 16.5 Å². The highest BCUT2D eigenvalue weighted by Crippen LogP contribution is 2.18. The summed E-state index contributed by atoms with van der Waals surface area (Å²) in [5.41, 5.74) is -0.235. The SMILES string of the molecule is CC(C)(C)[S@@+]([O-])N=Cc1cc(F)c(F)cc1F. The fourth-order valence-corrected chi connectivity index (χ4v) is 1.43. The van der Waals surface area contributed by atoms with E-state index in [-0.39, 0.29) is 5.56 Å². The highest BCUT2D eigenvalue weighted by Gasteiger charge is 2.26. The molecule has 6 heteroatoms. The van der Waals surface area contributed by atoms with E-state index in [0.29, 0.717) is 12.1 Å². The Labute approximate surface area is 101 Å². The smallest absolute Gasteiger partial charge is 0.161 e. The van der Waals surface area contributed by atoms with Gasteiger partial charge in [0.1, 0.15) is 21.9 Å². The van der Waals surface area contributed by atoms with Gasteiger partial charge < -0.3 is 4.55 Å². The van der Waals surface area contributed by atoms with Gasteiger partial charge in [0.25, 0.3) is 0 Å². The fourth-order valence-electron chi connectivity index (χ4n) is 0.900. The second-order valence-electron chi connectivity index (χ2n) is 4.38. The normalized spacial score (nSPS) is 14.3. The van der Waals surface area contributed by atoms with Crippen LogP contribution in [-0.4, -0.2) is 15.5 Å². The molecule has 0 aliphatic carbocycles. The lowest BCUT2D eigenvalue weighted by molar-refractivity contribution is 0.494. The molecule has 0 amide bonds. The van der Waals surface area contributed by atoms with E-state index < -0.39 is 33.6 Å². The van der Waals surface area contributed by atoms with Crippen LogP contribution in [0.5, 0.6) is 0 Å². The third kappa shape index (κ3) is 3.74. The molecule has 0 saturated carbocycles. The van der Waals surface area contributed by atoms with E-state index >= 15 is 0 Å². The molecule has 0 saturated heterocycles. The maximum Gasteiger partial charge on any atom is 0.161 e. The van der Waals surface area contributed by atoms with Crippen LogP contribution in [0.1, 0.15) is 26.3 Å². The lowest BCUT2D eigenvalue weighted by Gasteiger charge is -2.17. The molecule has 0 spiro atoms. The maximum atomic E-state index is 13.2. The zero-order chi connectivity index (χ0) is 13.2. The number of nitrogens with zero attached hydrogens (tertiary/aromatic N) is 1. The average Bonchev–Trinajstić information content (AvgIpc) is 2.19. The first-order chi connectivity index (χ1) is 7.71. The summed E-state index contributed by atoms with van der Waals surface area (Å²) in [6.07, 6.45) is 0.944. The summed E-state index contributed by atoms with van der Waals surface area (Å²) in [4.78, 5) is 0. The van der Waals surface area contributed by atoms with Gasteiger partial charge in [-0.3, -0.25) is 0 Å². The van der Waals surface area contributed by atoms with Crippen LogP contribution in [0.3, 0.4) is 0 Å². The molecule has 17 heavy (non-hydrogen) atoms. The van der Waals surface area contributed by atoms with Crippen molar-refractivity contribution in [3.63, 3.8) is 0 Å². The molecule has 1 rings (SSSR count). The van der Waals surface area contributed by atoms with Crippen LogP contribution < -0.4 is 0 Å². The molecule has 0 unspecified atom stereocenters. The summed E-state index contributed by atoms with van der Waals surface area (Å²) in [7, 11) is 0. The van der Waals surface area contributed by atoms with Crippen LogP contribution >= 0.6 is 0 Å². The van der Waals surface area contributed by atoms with Crippen LogP contribution in [0.4, 0.5) is 13.2 Å². The van der Waals surface area contributed by atoms with Crippen molar-refractivity contribution in [2.45, 2.75) is 25.5 Å². The molecule has 0 aliphatic rings. The molecule has 0 N–H and O–H groups in total. The third-order valence-electron chi connectivity index (χ3n) is 1.85. The van der Waals surface area contributed by atoms with Crippen LogP contribution in [-0.2, 0) is 11.4 Å². The van der Waals surface area contributed by atoms with Crippen molar-refractivity contribution in [3.8, 4) is 0 Å². The number of halogens is 3. The number of benzene rings is 1. The molecule has 1 atom stereocenters. The second-order valence-corrected chi connectivity index (χ2v) is 6.32. The molecular weight excluding hydrogens is 251 g/mol. The van der Waals surface area contributed by atoms with Crippen molar-refractivity contribution >= 4 is 17.6 Å². The van der Waals surface area contributed by atoms with E-state index in [1.54, 1.807) is 20.8 Å². The molecular formula is C11H12F3NOS. The van der Waals surface area contributed by atoms with Gasteiger partial charge in [-0.05, 0) is 26.8 Å². The zero-order valence-corrected chi connectivity index (χ0v) is 10.4. The lowest BCUT2D eigenvalue weighted by Crippen LogP contribution is -2.25. The van der Waals surface area contributed by atoms with Gasteiger partial charge in [0.05, 0.1) is 6.21 Å². The van der Waals surface area contributed by atoms with E-state index in [2.05, 4.69) is 4.40 Å². The Hall–Kier alpha value is -1.01. The highest BCUT2D eigenvalue weighted by atomic mass is 32.2. The Morgan fingerprint density at radius 2 is 1.65 bits per heavy atom. The Bertz CT molecular complexity index is 443. The largest absolute Gasteiger partial charge is 0.591 e. The molecule has 0 bridgehead atoms. The predicted octanol–water partition coefficient (Wildman–Crippen LogP) is 2.99. The quantitative estimate of drug-likeness (QED) is 0.459. The van der Waals surface area contributed by atoms with Gasteiger partial charge in [-0.15, -0.1) is 0 Å². The highest BCUT2D eigenvalue weighted by molar-refractivity contribution is 7.91. The molecule has 1 aromatic carbocycles. The van der Waals surface area contributed by atoms with Crippen molar-refractivity contribution in [2.75, 3.05) is 0 Å². The van der Waals surface area contributed by atoms with Gasteiger partial charge in [0.2, 0.25) is 0 Å². The molecule has 0 aromatic heterocycles. The zero-order valence-electron chi connectivity index (χ0n) is 9.63. The first kappa shape index (κ1) is 14.1. The van der Waals surface area contributed by atoms with E-state index in [9.17, 15) is 17.7 Å². The summed E-state index contributed by atoms with van der Waals surface area (Å²) in [6, 6.07) is 1.10. The van der Waals surface area contributed by atoms with Gasteiger partial charge >= 0.3 is 0 Å². The predicted molar refractivity (Wildman–Crippen MR) is 61.8 cm³/mol. The Balaban J connectivity index is 2.96. The van der Waals surface area contributed by atoms with Crippen molar-refractivity contribution in [2.24, 2.45) is 4.40 Å². The van der Waals surface area contributed by atoms with Gasteiger partial charge in [0, 0.05) is 11.6 Å². The van der Waals surface area contributed by atoms with Crippen molar-refractivity contribution in [1.82, 2.24) is 0 Å². The average molecular weight is 263 g/mol. The monoisotopic (exact) mass is 263 g/mol. The standard InChI is InChI=1S/C11H12F3NOS/c1-11(2,3)17(16)15-6-7-4-9(13)10(14)5-8(7)12/h4-6H,1-3H3/t17-/m1/s1. The van der Waals surface area contributed by atoms with Gasteiger partial charge in [-0.2, -0.15) is 0 Å². The molecule has 0 radical (unpaired) electrons. The molecule has 94 valence electrons. The van der Waals surface area contributed by atoms with Crippen LogP contribution in [0, 0.1) is 17.5 Å². The summed E-state index contributed by atoms with van der Waals surface area (Å²) < 4.78 is 53.2. The van der Waals surface area contributed by atoms with Gasteiger partial charge in [-0.1, -0.05) is 4.40 Å². The summed E-state index contributed by atoms with van der Waals surface area (Å²) in [6.45, 7) is 5.09. The lowest BCUT2D eigenvalue weighted by atomic mass is 10.2. The first-order valence-corrected chi connectivity index (χ1v) is 5.93. The van der Waals surface area contributed by atoms with E-state index in [0.717, 1.165) is 6.21 Å². The van der Waals surface area contributed by atoms with Crippen LogP contribution in [0.25, 0.3) is 0 Å². The Kier molecular flexibility index (Phi) is 4.21.